The highest BCUT2D eigenvalue weighted by atomic mass is 16.3. The summed E-state index contributed by atoms with van der Waals surface area (Å²) in [7, 11) is 0. The average Bonchev–Trinajstić information content (AvgIpc) is 2.96. The van der Waals surface area contributed by atoms with E-state index in [9.17, 15) is 5.11 Å². The molecule has 106 valence electrons. The van der Waals surface area contributed by atoms with E-state index in [-0.39, 0.29) is 6.04 Å². The van der Waals surface area contributed by atoms with E-state index in [0.717, 1.165) is 24.1 Å². The maximum absolute atomic E-state index is 10.6. The van der Waals surface area contributed by atoms with Gasteiger partial charge in [-0.2, -0.15) is 5.10 Å². The number of aryl methyl sites for hydroxylation is 1. The molecule has 0 saturated carbocycles. The number of anilines is 1. The summed E-state index contributed by atoms with van der Waals surface area (Å²) in [5.74, 6) is 0. The SMILES string of the molecule is CC(C)n1cc(C(O)C2CCc3ccccc3N2)cn1. The second-order valence-corrected chi connectivity index (χ2v) is 5.74. The quantitative estimate of drug-likeness (QED) is 0.902. The molecule has 0 radical (unpaired) electrons. The van der Waals surface area contributed by atoms with Gasteiger partial charge < -0.3 is 10.4 Å². The van der Waals surface area contributed by atoms with Gasteiger partial charge in [-0.25, -0.2) is 0 Å². The molecule has 0 bridgehead atoms. The summed E-state index contributed by atoms with van der Waals surface area (Å²) < 4.78 is 1.88. The van der Waals surface area contributed by atoms with Gasteiger partial charge in [0.05, 0.1) is 12.2 Å². The summed E-state index contributed by atoms with van der Waals surface area (Å²) in [4.78, 5) is 0. The Morgan fingerprint density at radius 1 is 1.35 bits per heavy atom. The van der Waals surface area contributed by atoms with Crippen LogP contribution in [-0.2, 0) is 6.42 Å². The summed E-state index contributed by atoms with van der Waals surface area (Å²) in [6.07, 6.45) is 5.13. The molecule has 1 aromatic carbocycles. The molecule has 2 N–H and O–H groups in total. The van der Waals surface area contributed by atoms with Gasteiger partial charge in [0.25, 0.3) is 0 Å². The lowest BCUT2D eigenvalue weighted by Gasteiger charge is -2.30. The fourth-order valence-corrected chi connectivity index (χ4v) is 2.72. The second-order valence-electron chi connectivity index (χ2n) is 5.74. The molecular weight excluding hydrogens is 250 g/mol. The normalized spacial score (nSPS) is 19.5. The largest absolute Gasteiger partial charge is 0.386 e. The highest BCUT2D eigenvalue weighted by Crippen LogP contribution is 2.30. The van der Waals surface area contributed by atoms with E-state index in [1.54, 1.807) is 6.20 Å². The standard InChI is InChI=1S/C16H21N3O/c1-11(2)19-10-13(9-17-19)16(20)15-8-7-12-5-3-4-6-14(12)18-15/h3-6,9-11,15-16,18,20H,7-8H2,1-2H3. The number of nitrogens with one attached hydrogen (secondary N) is 1. The number of aliphatic hydroxyl groups is 1. The van der Waals surface area contributed by atoms with E-state index < -0.39 is 6.10 Å². The molecule has 4 heteroatoms. The maximum Gasteiger partial charge on any atom is 0.102 e. The van der Waals surface area contributed by atoms with Crippen LogP contribution >= 0.6 is 0 Å². The van der Waals surface area contributed by atoms with Crippen LogP contribution in [0.2, 0.25) is 0 Å². The zero-order valence-electron chi connectivity index (χ0n) is 12.0. The molecular formula is C16H21N3O. The van der Waals surface area contributed by atoms with E-state index in [0.29, 0.717) is 6.04 Å². The van der Waals surface area contributed by atoms with Crippen LogP contribution in [0.3, 0.4) is 0 Å². The van der Waals surface area contributed by atoms with Crippen LogP contribution < -0.4 is 5.32 Å². The lowest BCUT2D eigenvalue weighted by atomic mass is 9.93. The summed E-state index contributed by atoms with van der Waals surface area (Å²) in [5, 5.41) is 18.3. The topological polar surface area (TPSA) is 50.1 Å². The fourth-order valence-electron chi connectivity index (χ4n) is 2.72. The third kappa shape index (κ3) is 2.43. The Morgan fingerprint density at radius 2 is 2.15 bits per heavy atom. The molecule has 1 aliphatic rings. The Bertz CT molecular complexity index is 591. The van der Waals surface area contributed by atoms with Crippen LogP contribution in [0, 0.1) is 0 Å². The molecule has 0 fully saturated rings. The monoisotopic (exact) mass is 271 g/mol. The lowest BCUT2D eigenvalue weighted by molar-refractivity contribution is 0.149. The van der Waals surface area contributed by atoms with Crippen LogP contribution in [0.5, 0.6) is 0 Å². The van der Waals surface area contributed by atoms with Gasteiger partial charge in [0.2, 0.25) is 0 Å². The van der Waals surface area contributed by atoms with Crippen LogP contribution in [0.25, 0.3) is 0 Å². The van der Waals surface area contributed by atoms with Crippen LogP contribution in [0.4, 0.5) is 5.69 Å². The van der Waals surface area contributed by atoms with Crippen molar-refractivity contribution in [3.8, 4) is 0 Å². The van der Waals surface area contributed by atoms with Gasteiger partial charge in [-0.05, 0) is 38.3 Å². The Labute approximate surface area is 119 Å². The fraction of sp³-hybridized carbons (Fsp3) is 0.438. The average molecular weight is 271 g/mol. The van der Waals surface area contributed by atoms with Gasteiger partial charge in [-0.3, -0.25) is 4.68 Å². The number of benzene rings is 1. The predicted octanol–water partition coefficient (Wildman–Crippen LogP) is 2.92. The van der Waals surface area contributed by atoms with Gasteiger partial charge in [-0.1, -0.05) is 18.2 Å². The number of aromatic nitrogens is 2. The molecule has 1 aromatic heterocycles. The van der Waals surface area contributed by atoms with E-state index in [2.05, 4.69) is 42.5 Å². The minimum atomic E-state index is -0.518. The van der Waals surface area contributed by atoms with Crippen molar-refractivity contribution in [1.82, 2.24) is 9.78 Å². The first-order valence-corrected chi connectivity index (χ1v) is 7.21. The molecule has 4 nitrogen and oxygen atoms in total. The first-order chi connectivity index (χ1) is 9.65. The summed E-state index contributed by atoms with van der Waals surface area (Å²) in [6, 6.07) is 8.67. The number of aliphatic hydroxyl groups excluding tert-OH is 1. The first-order valence-electron chi connectivity index (χ1n) is 7.21. The Balaban J connectivity index is 1.76. The van der Waals surface area contributed by atoms with Crippen molar-refractivity contribution in [2.24, 2.45) is 0 Å². The Kier molecular flexibility index (Phi) is 3.49. The highest BCUT2D eigenvalue weighted by Gasteiger charge is 2.26. The van der Waals surface area contributed by atoms with Crippen molar-refractivity contribution in [3.05, 3.63) is 47.8 Å². The van der Waals surface area contributed by atoms with Gasteiger partial charge in [0.15, 0.2) is 0 Å². The van der Waals surface area contributed by atoms with Gasteiger partial charge in [-0.15, -0.1) is 0 Å². The number of para-hydroxylation sites is 1. The van der Waals surface area contributed by atoms with Crippen LogP contribution in [0.15, 0.2) is 36.7 Å². The molecule has 0 spiro atoms. The van der Waals surface area contributed by atoms with Crippen LogP contribution in [-0.4, -0.2) is 20.9 Å². The summed E-state index contributed by atoms with van der Waals surface area (Å²) >= 11 is 0. The number of hydrogen-bond acceptors (Lipinski definition) is 3. The van der Waals surface area contributed by atoms with E-state index in [1.807, 2.05) is 16.9 Å². The summed E-state index contributed by atoms with van der Waals surface area (Å²) in [6.45, 7) is 4.16. The minimum Gasteiger partial charge on any atom is -0.386 e. The molecule has 1 aliphatic heterocycles. The highest BCUT2D eigenvalue weighted by molar-refractivity contribution is 5.54. The molecule has 2 unspecified atom stereocenters. The molecule has 2 aromatic rings. The van der Waals surface area contributed by atoms with Crippen LogP contribution in [0.1, 0.15) is 43.5 Å². The third-order valence-corrected chi connectivity index (χ3v) is 3.96. The molecule has 0 aliphatic carbocycles. The van der Waals surface area contributed by atoms with Gasteiger partial charge >= 0.3 is 0 Å². The molecule has 2 atom stereocenters. The summed E-state index contributed by atoms with van der Waals surface area (Å²) in [5.41, 5.74) is 3.35. The number of nitrogens with zero attached hydrogens (tertiary/aromatic N) is 2. The first kappa shape index (κ1) is 13.2. The molecule has 20 heavy (non-hydrogen) atoms. The zero-order chi connectivity index (χ0) is 14.1. The Hall–Kier alpha value is -1.81. The maximum atomic E-state index is 10.6. The molecule has 0 amide bonds. The molecule has 3 rings (SSSR count). The van der Waals surface area contributed by atoms with Gasteiger partial charge in [0, 0.05) is 23.5 Å². The number of hydrogen-bond donors (Lipinski definition) is 2. The molecule has 0 saturated heterocycles. The Morgan fingerprint density at radius 3 is 2.90 bits per heavy atom. The number of fused-ring (bicyclic) bond motifs is 1. The number of rotatable bonds is 3. The van der Waals surface area contributed by atoms with E-state index in [4.69, 9.17) is 0 Å². The minimum absolute atomic E-state index is 0.0507. The zero-order valence-corrected chi connectivity index (χ0v) is 12.0. The van der Waals surface area contributed by atoms with Crippen molar-refractivity contribution >= 4 is 5.69 Å². The van der Waals surface area contributed by atoms with Crippen molar-refractivity contribution in [2.75, 3.05) is 5.32 Å². The smallest absolute Gasteiger partial charge is 0.102 e. The second kappa shape index (κ2) is 5.29. The lowest BCUT2D eigenvalue weighted by Crippen LogP contribution is -2.31. The van der Waals surface area contributed by atoms with E-state index in [1.165, 1.54) is 5.56 Å². The predicted molar refractivity (Wildman–Crippen MR) is 79.7 cm³/mol. The third-order valence-electron chi connectivity index (χ3n) is 3.96. The molecule has 2 heterocycles. The van der Waals surface area contributed by atoms with Gasteiger partial charge in [0.1, 0.15) is 6.10 Å². The van der Waals surface area contributed by atoms with Crippen molar-refractivity contribution in [3.63, 3.8) is 0 Å². The van der Waals surface area contributed by atoms with Crippen molar-refractivity contribution < 1.29 is 5.11 Å². The van der Waals surface area contributed by atoms with Crippen molar-refractivity contribution in [2.45, 2.75) is 44.9 Å². The van der Waals surface area contributed by atoms with Crippen molar-refractivity contribution in [1.29, 1.82) is 0 Å². The van der Waals surface area contributed by atoms with E-state index >= 15 is 0 Å².